The molecule has 0 heterocycles. The Morgan fingerprint density at radius 2 is 1.46 bits per heavy atom. The molecule has 2 atom stereocenters. The molecule has 2 N–H and O–H groups in total. The van der Waals surface area contributed by atoms with Gasteiger partial charge in [0.25, 0.3) is 0 Å². The Bertz CT molecular complexity index is 865. The normalized spacial score (nSPS) is 12.7. The summed E-state index contributed by atoms with van der Waals surface area (Å²) in [5.41, 5.74) is 6.58. The number of hydrogen-bond donors (Lipinski definition) is 1. The predicted molar refractivity (Wildman–Crippen MR) is 130 cm³/mol. The van der Waals surface area contributed by atoms with Gasteiger partial charge in [0.15, 0.2) is 11.5 Å². The van der Waals surface area contributed by atoms with E-state index in [4.69, 9.17) is 24.7 Å². The Kier molecular flexibility index (Phi) is 13.0. The van der Waals surface area contributed by atoms with Gasteiger partial charge in [-0.25, -0.2) is 0 Å². The Morgan fingerprint density at radius 1 is 0.857 bits per heavy atom. The van der Waals surface area contributed by atoms with Crippen molar-refractivity contribution in [1.29, 1.82) is 0 Å². The van der Waals surface area contributed by atoms with E-state index in [2.05, 4.69) is 0 Å². The SMILES string of the molecule is CCCCCC(=O)O[C@@H](C)COC(=O)[C@@H](N)Cc1ccc(OC(=O)C(C)C)c(OC(=O)C(C)C)c1. The van der Waals surface area contributed by atoms with Gasteiger partial charge in [-0.3, -0.25) is 19.2 Å². The van der Waals surface area contributed by atoms with Gasteiger partial charge in [-0.15, -0.1) is 0 Å². The smallest absolute Gasteiger partial charge is 0.323 e. The highest BCUT2D eigenvalue weighted by atomic mass is 16.6. The van der Waals surface area contributed by atoms with Crippen LogP contribution in [0, 0.1) is 11.8 Å². The van der Waals surface area contributed by atoms with Crippen LogP contribution in [-0.2, 0) is 35.1 Å². The maximum atomic E-state index is 12.3. The van der Waals surface area contributed by atoms with Crippen molar-refractivity contribution >= 4 is 23.9 Å². The van der Waals surface area contributed by atoms with Crippen LogP contribution in [0.2, 0.25) is 0 Å². The van der Waals surface area contributed by atoms with Crippen LogP contribution in [0.5, 0.6) is 11.5 Å². The molecule has 1 aromatic rings. The molecule has 0 unspecified atom stereocenters. The Balaban J connectivity index is 2.76. The second-order valence-corrected chi connectivity index (χ2v) is 9.13. The third-order valence-electron chi connectivity index (χ3n) is 4.91. The molecular formula is C26H39NO8. The van der Waals surface area contributed by atoms with E-state index in [1.54, 1.807) is 40.7 Å². The minimum Gasteiger partial charge on any atom is -0.461 e. The molecule has 196 valence electrons. The number of carbonyl (C=O) groups is 4. The second kappa shape index (κ2) is 15.1. The lowest BCUT2D eigenvalue weighted by Gasteiger charge is -2.17. The van der Waals surface area contributed by atoms with Gasteiger partial charge in [-0.1, -0.05) is 53.5 Å². The van der Waals surface area contributed by atoms with Crippen LogP contribution in [0.4, 0.5) is 0 Å². The van der Waals surface area contributed by atoms with Crippen LogP contribution in [0.15, 0.2) is 18.2 Å². The first-order valence-electron chi connectivity index (χ1n) is 12.1. The van der Waals surface area contributed by atoms with Gasteiger partial charge in [-0.05, 0) is 37.5 Å². The molecule has 1 aromatic carbocycles. The van der Waals surface area contributed by atoms with Crippen molar-refractivity contribution in [2.24, 2.45) is 17.6 Å². The molecule has 0 bridgehead atoms. The third kappa shape index (κ3) is 11.4. The Morgan fingerprint density at radius 3 is 2.03 bits per heavy atom. The largest absolute Gasteiger partial charge is 0.461 e. The van der Waals surface area contributed by atoms with E-state index in [1.165, 1.54) is 12.1 Å². The Hall–Kier alpha value is -2.94. The molecule has 0 saturated heterocycles. The van der Waals surface area contributed by atoms with Gasteiger partial charge in [0.1, 0.15) is 18.8 Å². The van der Waals surface area contributed by atoms with E-state index in [-0.39, 0.29) is 36.4 Å². The summed E-state index contributed by atoms with van der Waals surface area (Å²) in [4.78, 5) is 48.3. The number of carbonyl (C=O) groups excluding carboxylic acids is 4. The van der Waals surface area contributed by atoms with Crippen LogP contribution < -0.4 is 15.2 Å². The first kappa shape index (κ1) is 30.1. The van der Waals surface area contributed by atoms with E-state index in [0.29, 0.717) is 12.0 Å². The molecule has 1 rings (SSSR count). The average Bonchev–Trinajstić information content (AvgIpc) is 2.78. The zero-order chi connectivity index (χ0) is 26.5. The van der Waals surface area contributed by atoms with E-state index < -0.39 is 36.0 Å². The van der Waals surface area contributed by atoms with Gasteiger partial charge < -0.3 is 24.7 Å². The van der Waals surface area contributed by atoms with Crippen LogP contribution in [-0.4, -0.2) is 42.6 Å². The zero-order valence-corrected chi connectivity index (χ0v) is 21.6. The number of esters is 4. The monoisotopic (exact) mass is 493 g/mol. The van der Waals surface area contributed by atoms with Crippen molar-refractivity contribution in [2.75, 3.05) is 6.61 Å². The molecule has 0 aliphatic heterocycles. The van der Waals surface area contributed by atoms with Gasteiger partial charge in [0.05, 0.1) is 11.8 Å². The first-order chi connectivity index (χ1) is 16.4. The molecule has 9 heteroatoms. The lowest BCUT2D eigenvalue weighted by Crippen LogP contribution is -2.36. The topological polar surface area (TPSA) is 131 Å². The maximum absolute atomic E-state index is 12.3. The standard InChI is InChI=1S/C26H39NO8/c1-7-8-9-10-23(28)33-18(6)15-32-26(31)20(27)13-19-11-12-21(34-24(29)16(2)3)22(14-19)35-25(30)17(4)5/h11-12,14,16-18,20H,7-10,13,15,27H2,1-6H3/t18-,20-/m0/s1. The molecule has 0 radical (unpaired) electrons. The van der Waals surface area contributed by atoms with Gasteiger partial charge in [0.2, 0.25) is 0 Å². The van der Waals surface area contributed by atoms with E-state index in [9.17, 15) is 19.2 Å². The lowest BCUT2D eigenvalue weighted by atomic mass is 10.1. The molecule has 0 aliphatic carbocycles. The maximum Gasteiger partial charge on any atom is 0.323 e. The fourth-order valence-electron chi connectivity index (χ4n) is 2.78. The summed E-state index contributed by atoms with van der Waals surface area (Å²) >= 11 is 0. The summed E-state index contributed by atoms with van der Waals surface area (Å²) in [5, 5.41) is 0. The van der Waals surface area contributed by atoms with Crippen molar-refractivity contribution < 1.29 is 38.1 Å². The summed E-state index contributed by atoms with van der Waals surface area (Å²) in [6.07, 6.45) is 2.55. The van der Waals surface area contributed by atoms with Crippen LogP contribution >= 0.6 is 0 Å². The highest BCUT2D eigenvalue weighted by Gasteiger charge is 2.22. The minimum atomic E-state index is -1.000. The van der Waals surface area contributed by atoms with Crippen molar-refractivity contribution in [1.82, 2.24) is 0 Å². The molecular weight excluding hydrogens is 454 g/mol. The van der Waals surface area contributed by atoms with E-state index in [1.807, 2.05) is 6.92 Å². The average molecular weight is 494 g/mol. The van der Waals surface area contributed by atoms with Crippen molar-refractivity contribution in [2.45, 2.75) is 85.8 Å². The zero-order valence-electron chi connectivity index (χ0n) is 21.6. The quantitative estimate of drug-likeness (QED) is 0.234. The number of benzene rings is 1. The fraction of sp³-hybridized carbons (Fsp3) is 0.615. The van der Waals surface area contributed by atoms with Crippen molar-refractivity contribution in [3.8, 4) is 11.5 Å². The summed E-state index contributed by atoms with van der Waals surface area (Å²) in [6.45, 7) is 10.3. The third-order valence-corrected chi connectivity index (χ3v) is 4.91. The molecule has 9 nitrogen and oxygen atoms in total. The van der Waals surface area contributed by atoms with Crippen molar-refractivity contribution in [3.63, 3.8) is 0 Å². The van der Waals surface area contributed by atoms with Gasteiger partial charge >= 0.3 is 23.9 Å². The number of nitrogens with two attached hydrogens (primary N) is 1. The van der Waals surface area contributed by atoms with Crippen molar-refractivity contribution in [3.05, 3.63) is 23.8 Å². The number of unbranched alkanes of at least 4 members (excludes halogenated alkanes) is 2. The van der Waals surface area contributed by atoms with Crippen LogP contribution in [0.25, 0.3) is 0 Å². The summed E-state index contributed by atoms with van der Waals surface area (Å²) in [6, 6.07) is 3.64. The molecule has 35 heavy (non-hydrogen) atoms. The number of rotatable bonds is 14. The van der Waals surface area contributed by atoms with Crippen LogP contribution in [0.3, 0.4) is 0 Å². The number of hydrogen-bond acceptors (Lipinski definition) is 9. The summed E-state index contributed by atoms with van der Waals surface area (Å²) in [7, 11) is 0. The summed E-state index contributed by atoms with van der Waals surface area (Å²) in [5.74, 6) is -2.54. The number of ether oxygens (including phenoxy) is 4. The van der Waals surface area contributed by atoms with Gasteiger partial charge in [0, 0.05) is 6.42 Å². The first-order valence-corrected chi connectivity index (χ1v) is 12.1. The predicted octanol–water partition coefficient (Wildman–Crippen LogP) is 3.73. The summed E-state index contributed by atoms with van der Waals surface area (Å²) < 4.78 is 21.2. The molecule has 0 spiro atoms. The van der Waals surface area contributed by atoms with Gasteiger partial charge in [-0.2, -0.15) is 0 Å². The molecule has 0 amide bonds. The molecule has 0 saturated carbocycles. The Labute approximate surface area is 207 Å². The van der Waals surface area contributed by atoms with E-state index >= 15 is 0 Å². The highest BCUT2D eigenvalue weighted by molar-refractivity contribution is 5.78. The molecule has 0 aromatic heterocycles. The second-order valence-electron chi connectivity index (χ2n) is 9.13. The lowest BCUT2D eigenvalue weighted by molar-refractivity contribution is -0.158. The fourth-order valence-corrected chi connectivity index (χ4v) is 2.78. The molecule has 0 fully saturated rings. The van der Waals surface area contributed by atoms with E-state index in [0.717, 1.165) is 19.3 Å². The molecule has 0 aliphatic rings. The minimum absolute atomic E-state index is 0.0689. The highest BCUT2D eigenvalue weighted by Crippen LogP contribution is 2.30. The van der Waals surface area contributed by atoms with Crippen LogP contribution in [0.1, 0.15) is 72.8 Å².